The van der Waals surface area contributed by atoms with Crippen molar-refractivity contribution < 1.29 is 52.1 Å². The van der Waals surface area contributed by atoms with Crippen molar-refractivity contribution >= 4 is 7.60 Å². The van der Waals surface area contributed by atoms with E-state index >= 15 is 0 Å². The van der Waals surface area contributed by atoms with Gasteiger partial charge in [0.05, 0.1) is 0 Å². The molecule has 0 rings (SSSR count). The number of hydrogen-bond acceptors (Lipinski definition) is 3. The van der Waals surface area contributed by atoms with Crippen molar-refractivity contribution in [3.8, 4) is 0 Å². The molecular weight excluding hydrogens is 213 g/mol. The van der Waals surface area contributed by atoms with E-state index in [0.29, 0.717) is 6.42 Å². The number of hydrogen-bond donors (Lipinski definition) is 0. The summed E-state index contributed by atoms with van der Waals surface area (Å²) in [5, 5.41) is 0. The fraction of sp³-hybridized carbons (Fsp3) is 1.00. The Balaban J connectivity index is -0.000000845. The molecule has 0 fully saturated rings. The largest absolute Gasteiger partial charge is 1.00 e. The minimum atomic E-state index is -4.23. The fourth-order valence-corrected chi connectivity index (χ4v) is 2.05. The van der Waals surface area contributed by atoms with Gasteiger partial charge in [-0.2, -0.15) is 0 Å². The molecule has 6 heteroatoms. The summed E-state index contributed by atoms with van der Waals surface area (Å²) in [7, 11) is -4.23. The number of unbranched alkanes of at least 4 members (excludes halogenated alkanes) is 7. The maximum absolute atomic E-state index is 10.3. The zero-order valence-electron chi connectivity index (χ0n) is 11.0. The van der Waals surface area contributed by atoms with Crippen molar-refractivity contribution in [2.75, 3.05) is 6.16 Å². The molecule has 3 nitrogen and oxygen atoms in total. The summed E-state index contributed by atoms with van der Waals surface area (Å²) >= 11 is 0. The molecule has 0 aromatic carbocycles. The van der Waals surface area contributed by atoms with Crippen LogP contribution >= 0.6 is 7.60 Å². The van der Waals surface area contributed by atoms with E-state index in [9.17, 15) is 14.4 Å². The standard InChI is InChI=1S/C10H23O3P.2Li/c1-2-3-4-5-6-7-8-9-10-14(11,12)13;;/h2-10H2,1H3,(H2,11,12,13);;/q;2*+1/p-2. The smallest absolute Gasteiger partial charge is 0.811 e. The summed E-state index contributed by atoms with van der Waals surface area (Å²) < 4.78 is 10.3. The molecule has 0 saturated carbocycles. The topological polar surface area (TPSA) is 63.2 Å². The van der Waals surface area contributed by atoms with Gasteiger partial charge < -0.3 is 14.4 Å². The maximum Gasteiger partial charge on any atom is 1.00 e. The first kappa shape index (κ1) is 22.5. The molecule has 0 N–H and O–H groups in total. The minimum Gasteiger partial charge on any atom is -0.811 e. The van der Waals surface area contributed by atoms with E-state index in [1.807, 2.05) is 0 Å². The fourth-order valence-electron chi connectivity index (χ4n) is 1.44. The molecule has 0 bridgehead atoms. The zero-order chi connectivity index (χ0) is 10.9. The second-order valence-corrected chi connectivity index (χ2v) is 5.48. The van der Waals surface area contributed by atoms with Gasteiger partial charge in [-0.15, -0.1) is 0 Å². The molecule has 0 aliphatic carbocycles. The van der Waals surface area contributed by atoms with Crippen LogP contribution in [0.1, 0.15) is 58.3 Å². The molecule has 0 spiro atoms. The molecule has 0 aliphatic rings. The summed E-state index contributed by atoms with van der Waals surface area (Å²) in [6.45, 7) is 2.18. The van der Waals surface area contributed by atoms with Crippen LogP contribution in [0.3, 0.4) is 0 Å². The Hall–Kier alpha value is 1.34. The Morgan fingerprint density at radius 3 is 1.56 bits per heavy atom. The Bertz CT molecular complexity index is 173. The van der Waals surface area contributed by atoms with Crippen LogP contribution < -0.4 is 47.5 Å². The van der Waals surface area contributed by atoms with Gasteiger partial charge in [0.25, 0.3) is 0 Å². The average Bonchev–Trinajstić information content (AvgIpc) is 2.08. The summed E-state index contributed by atoms with van der Waals surface area (Å²) in [4.78, 5) is 20.6. The van der Waals surface area contributed by atoms with Crippen molar-refractivity contribution in [2.24, 2.45) is 0 Å². The Labute approximate surface area is 124 Å². The second-order valence-electron chi connectivity index (χ2n) is 3.81. The molecule has 86 valence electrons. The average molecular weight is 234 g/mol. The van der Waals surface area contributed by atoms with Gasteiger partial charge in [0.15, 0.2) is 0 Å². The first-order valence-electron chi connectivity index (χ1n) is 5.57. The van der Waals surface area contributed by atoms with Gasteiger partial charge in [0, 0.05) is 0 Å². The summed E-state index contributed by atoms with van der Waals surface area (Å²) in [5.41, 5.74) is 0. The molecule has 0 amide bonds. The van der Waals surface area contributed by atoms with Gasteiger partial charge in [-0.25, -0.2) is 0 Å². The van der Waals surface area contributed by atoms with Crippen molar-refractivity contribution in [1.29, 1.82) is 0 Å². The van der Waals surface area contributed by atoms with Crippen molar-refractivity contribution in [3.05, 3.63) is 0 Å². The van der Waals surface area contributed by atoms with Crippen LogP contribution in [-0.4, -0.2) is 6.16 Å². The first-order chi connectivity index (χ1) is 6.56. The molecule has 0 heterocycles. The van der Waals surface area contributed by atoms with Gasteiger partial charge in [-0.3, -0.25) is 0 Å². The van der Waals surface area contributed by atoms with Crippen LogP contribution in [0.2, 0.25) is 0 Å². The summed E-state index contributed by atoms with van der Waals surface area (Å²) in [6, 6.07) is 0. The van der Waals surface area contributed by atoms with Crippen LogP contribution in [-0.2, 0) is 4.57 Å². The van der Waals surface area contributed by atoms with Gasteiger partial charge in [-0.1, -0.05) is 59.5 Å². The molecule has 0 aromatic rings. The Kier molecular flexibility index (Phi) is 20.3. The van der Waals surface area contributed by atoms with E-state index in [1.165, 1.54) is 32.1 Å². The van der Waals surface area contributed by atoms with Crippen LogP contribution in [0.4, 0.5) is 0 Å². The second kappa shape index (κ2) is 14.4. The molecule has 0 aromatic heterocycles. The Morgan fingerprint density at radius 2 is 1.19 bits per heavy atom. The van der Waals surface area contributed by atoms with E-state index in [2.05, 4.69) is 6.92 Å². The van der Waals surface area contributed by atoms with Crippen molar-refractivity contribution in [1.82, 2.24) is 0 Å². The van der Waals surface area contributed by atoms with E-state index in [0.717, 1.165) is 12.8 Å². The monoisotopic (exact) mass is 234 g/mol. The molecular formula is C10H21Li2O3P. The molecule has 0 radical (unpaired) electrons. The zero-order valence-corrected chi connectivity index (χ0v) is 11.9. The SMILES string of the molecule is CCCCCCCCCCP(=O)([O-])[O-].[Li+].[Li+]. The maximum atomic E-state index is 10.3. The van der Waals surface area contributed by atoms with Crippen LogP contribution in [0.15, 0.2) is 0 Å². The summed E-state index contributed by atoms with van der Waals surface area (Å²) in [5.74, 6) is 0. The quantitative estimate of drug-likeness (QED) is 0.232. The molecule has 16 heavy (non-hydrogen) atoms. The minimum absolute atomic E-state index is 0. The van der Waals surface area contributed by atoms with E-state index in [-0.39, 0.29) is 43.9 Å². The number of rotatable bonds is 9. The van der Waals surface area contributed by atoms with E-state index < -0.39 is 7.60 Å². The van der Waals surface area contributed by atoms with Gasteiger partial charge >= 0.3 is 37.7 Å². The van der Waals surface area contributed by atoms with Crippen molar-refractivity contribution in [3.63, 3.8) is 0 Å². The van der Waals surface area contributed by atoms with Crippen LogP contribution in [0.25, 0.3) is 0 Å². The third-order valence-corrected chi connectivity index (χ3v) is 3.15. The van der Waals surface area contributed by atoms with E-state index in [1.54, 1.807) is 0 Å². The molecule has 0 saturated heterocycles. The molecule has 0 aliphatic heterocycles. The van der Waals surface area contributed by atoms with Crippen LogP contribution in [0.5, 0.6) is 0 Å². The molecule has 0 atom stereocenters. The van der Waals surface area contributed by atoms with Gasteiger partial charge in [0.2, 0.25) is 0 Å². The predicted molar refractivity (Wildman–Crippen MR) is 55.1 cm³/mol. The molecule has 0 unspecified atom stereocenters. The van der Waals surface area contributed by atoms with Crippen LogP contribution in [0, 0.1) is 0 Å². The van der Waals surface area contributed by atoms with Crippen molar-refractivity contribution in [2.45, 2.75) is 58.3 Å². The third kappa shape index (κ3) is 20.7. The van der Waals surface area contributed by atoms with E-state index in [4.69, 9.17) is 0 Å². The Morgan fingerprint density at radius 1 is 0.812 bits per heavy atom. The summed E-state index contributed by atoms with van der Waals surface area (Å²) in [6.07, 6.45) is 8.52. The first-order valence-corrected chi connectivity index (χ1v) is 7.30. The van der Waals surface area contributed by atoms with Gasteiger partial charge in [-0.05, 0) is 12.6 Å². The predicted octanol–water partition coefficient (Wildman–Crippen LogP) is -3.95. The third-order valence-electron chi connectivity index (χ3n) is 2.29. The van der Waals surface area contributed by atoms with Gasteiger partial charge in [0.1, 0.15) is 0 Å². The normalized spacial score (nSPS) is 10.4.